The van der Waals surface area contributed by atoms with Crippen LogP contribution in [0.2, 0.25) is 0 Å². The molecule has 0 aromatic heterocycles. The van der Waals surface area contributed by atoms with E-state index in [-0.39, 0.29) is 30.4 Å². The quantitative estimate of drug-likeness (QED) is 0.614. The molecule has 6 heteroatoms. The number of nitrogens with one attached hydrogen (secondary N) is 3. The van der Waals surface area contributed by atoms with Crippen molar-refractivity contribution in [1.82, 2.24) is 16.0 Å². The molecule has 1 heterocycles. The highest BCUT2D eigenvalue weighted by Crippen LogP contribution is 2.01. The summed E-state index contributed by atoms with van der Waals surface area (Å²) < 4.78 is 5.43. The van der Waals surface area contributed by atoms with Crippen molar-refractivity contribution in [2.24, 2.45) is 0 Å². The monoisotopic (exact) mass is 257 g/mol. The van der Waals surface area contributed by atoms with Crippen LogP contribution in [0.15, 0.2) is 0 Å². The summed E-state index contributed by atoms with van der Waals surface area (Å²) in [6.45, 7) is 7.57. The van der Waals surface area contributed by atoms with Gasteiger partial charge in [-0.2, -0.15) is 0 Å². The van der Waals surface area contributed by atoms with Gasteiger partial charge >= 0.3 is 0 Å². The van der Waals surface area contributed by atoms with Gasteiger partial charge in [0.2, 0.25) is 11.8 Å². The molecule has 1 rings (SSSR count). The lowest BCUT2D eigenvalue weighted by Crippen LogP contribution is -2.48. The summed E-state index contributed by atoms with van der Waals surface area (Å²) in [7, 11) is 0. The Balaban J connectivity index is 2.27. The minimum Gasteiger partial charge on any atom is -0.375 e. The highest BCUT2D eigenvalue weighted by atomic mass is 16.5. The molecule has 6 nitrogen and oxygen atoms in total. The summed E-state index contributed by atoms with van der Waals surface area (Å²) in [5.41, 5.74) is 0. The molecule has 2 unspecified atom stereocenters. The summed E-state index contributed by atoms with van der Waals surface area (Å²) in [6.07, 6.45) is 0.186. The fraction of sp³-hybridized carbons (Fsp3) is 0.833. The predicted molar refractivity (Wildman–Crippen MR) is 68.1 cm³/mol. The van der Waals surface area contributed by atoms with Crippen molar-refractivity contribution in [3.05, 3.63) is 0 Å². The number of carbonyl (C=O) groups excluding carboxylic acids is 2. The van der Waals surface area contributed by atoms with Crippen LogP contribution in [0.4, 0.5) is 0 Å². The molecule has 0 saturated carbocycles. The predicted octanol–water partition coefficient (Wildman–Crippen LogP) is -0.606. The molecule has 18 heavy (non-hydrogen) atoms. The Morgan fingerprint density at radius 1 is 1.33 bits per heavy atom. The normalized spacial score (nSPS) is 21.4. The van der Waals surface area contributed by atoms with Gasteiger partial charge < -0.3 is 20.7 Å². The molecule has 0 spiro atoms. The number of carbonyl (C=O) groups is 2. The summed E-state index contributed by atoms with van der Waals surface area (Å²) >= 11 is 0. The van der Waals surface area contributed by atoms with E-state index < -0.39 is 6.04 Å². The SMILES string of the molecule is CC(C)NC(=O)C(C)NC(=O)CC1CNCCO1. The molecule has 0 aliphatic carbocycles. The van der Waals surface area contributed by atoms with E-state index in [4.69, 9.17) is 4.74 Å². The van der Waals surface area contributed by atoms with Gasteiger partial charge in [0.25, 0.3) is 0 Å². The van der Waals surface area contributed by atoms with Gasteiger partial charge in [-0.1, -0.05) is 0 Å². The Labute approximate surface area is 108 Å². The molecule has 1 aliphatic heterocycles. The van der Waals surface area contributed by atoms with Crippen LogP contribution in [0, 0.1) is 0 Å². The first-order chi connectivity index (χ1) is 8.49. The fourth-order valence-electron chi connectivity index (χ4n) is 1.73. The average molecular weight is 257 g/mol. The molecular formula is C12H23N3O3. The second kappa shape index (κ2) is 7.33. The van der Waals surface area contributed by atoms with Crippen LogP contribution in [0.25, 0.3) is 0 Å². The Morgan fingerprint density at radius 2 is 2.06 bits per heavy atom. The third-order valence-electron chi connectivity index (χ3n) is 2.62. The first-order valence-corrected chi connectivity index (χ1v) is 6.41. The molecule has 1 saturated heterocycles. The lowest BCUT2D eigenvalue weighted by molar-refractivity contribution is -0.130. The van der Waals surface area contributed by atoms with Crippen LogP contribution in [-0.2, 0) is 14.3 Å². The smallest absolute Gasteiger partial charge is 0.242 e. The van der Waals surface area contributed by atoms with Crippen molar-refractivity contribution in [3.63, 3.8) is 0 Å². The van der Waals surface area contributed by atoms with Gasteiger partial charge in [-0.25, -0.2) is 0 Å². The van der Waals surface area contributed by atoms with Gasteiger partial charge in [0.05, 0.1) is 19.1 Å². The Morgan fingerprint density at radius 3 is 2.61 bits per heavy atom. The van der Waals surface area contributed by atoms with Gasteiger partial charge in [-0.3, -0.25) is 9.59 Å². The zero-order valence-electron chi connectivity index (χ0n) is 11.3. The highest BCUT2D eigenvalue weighted by Gasteiger charge is 2.20. The minimum absolute atomic E-state index is 0.0720. The molecule has 0 aromatic rings. The highest BCUT2D eigenvalue weighted by molar-refractivity contribution is 5.87. The van der Waals surface area contributed by atoms with Crippen LogP contribution in [0.5, 0.6) is 0 Å². The van der Waals surface area contributed by atoms with Crippen LogP contribution in [-0.4, -0.2) is 49.7 Å². The van der Waals surface area contributed by atoms with E-state index in [1.165, 1.54) is 0 Å². The second-order valence-corrected chi connectivity index (χ2v) is 4.85. The maximum absolute atomic E-state index is 11.7. The largest absolute Gasteiger partial charge is 0.375 e. The van der Waals surface area contributed by atoms with E-state index in [9.17, 15) is 9.59 Å². The van der Waals surface area contributed by atoms with Gasteiger partial charge in [0, 0.05) is 19.1 Å². The number of amides is 2. The summed E-state index contributed by atoms with van der Waals surface area (Å²) in [4.78, 5) is 23.3. The number of hydrogen-bond donors (Lipinski definition) is 3. The van der Waals surface area contributed by atoms with Crippen molar-refractivity contribution < 1.29 is 14.3 Å². The fourth-order valence-corrected chi connectivity index (χ4v) is 1.73. The van der Waals surface area contributed by atoms with Crippen molar-refractivity contribution >= 4 is 11.8 Å². The third-order valence-corrected chi connectivity index (χ3v) is 2.62. The Hall–Kier alpha value is -1.14. The van der Waals surface area contributed by atoms with E-state index >= 15 is 0 Å². The minimum atomic E-state index is -0.517. The molecule has 3 N–H and O–H groups in total. The zero-order valence-corrected chi connectivity index (χ0v) is 11.3. The summed E-state index contributed by atoms with van der Waals surface area (Å²) in [5, 5.41) is 8.59. The summed E-state index contributed by atoms with van der Waals surface area (Å²) in [6, 6.07) is -0.445. The topological polar surface area (TPSA) is 79.5 Å². The van der Waals surface area contributed by atoms with Crippen LogP contribution >= 0.6 is 0 Å². The van der Waals surface area contributed by atoms with E-state index in [0.717, 1.165) is 6.54 Å². The molecule has 2 amide bonds. The molecule has 0 aromatic carbocycles. The second-order valence-electron chi connectivity index (χ2n) is 4.85. The zero-order chi connectivity index (χ0) is 13.5. The van der Waals surface area contributed by atoms with E-state index in [1.54, 1.807) is 6.92 Å². The van der Waals surface area contributed by atoms with Gasteiger partial charge in [0.1, 0.15) is 6.04 Å². The molecule has 0 radical (unpaired) electrons. The van der Waals surface area contributed by atoms with Crippen molar-refractivity contribution in [2.45, 2.75) is 45.4 Å². The van der Waals surface area contributed by atoms with Crippen LogP contribution in [0.1, 0.15) is 27.2 Å². The third kappa shape index (κ3) is 5.46. The van der Waals surface area contributed by atoms with E-state index in [0.29, 0.717) is 13.2 Å². The number of morpholine rings is 1. The average Bonchev–Trinajstić information content (AvgIpc) is 2.29. The Bertz CT molecular complexity index is 288. The van der Waals surface area contributed by atoms with Crippen molar-refractivity contribution in [3.8, 4) is 0 Å². The number of rotatable bonds is 5. The van der Waals surface area contributed by atoms with Crippen LogP contribution < -0.4 is 16.0 Å². The maximum atomic E-state index is 11.7. The lowest BCUT2D eigenvalue weighted by atomic mass is 10.2. The standard InChI is InChI=1S/C12H23N3O3/c1-8(2)14-12(17)9(3)15-11(16)6-10-7-13-4-5-18-10/h8-10,13H,4-7H2,1-3H3,(H,14,17)(H,15,16). The van der Waals surface area contributed by atoms with Crippen LogP contribution in [0.3, 0.4) is 0 Å². The molecular weight excluding hydrogens is 234 g/mol. The van der Waals surface area contributed by atoms with E-state index in [2.05, 4.69) is 16.0 Å². The summed E-state index contributed by atoms with van der Waals surface area (Å²) in [5.74, 6) is -0.323. The Kier molecular flexibility index (Phi) is 6.07. The molecule has 0 bridgehead atoms. The van der Waals surface area contributed by atoms with Crippen molar-refractivity contribution in [1.29, 1.82) is 0 Å². The molecule has 1 fully saturated rings. The van der Waals surface area contributed by atoms with Crippen molar-refractivity contribution in [2.75, 3.05) is 19.7 Å². The molecule has 2 atom stereocenters. The lowest BCUT2D eigenvalue weighted by Gasteiger charge is -2.24. The van der Waals surface area contributed by atoms with Gasteiger partial charge in [-0.15, -0.1) is 0 Å². The van der Waals surface area contributed by atoms with Gasteiger partial charge in [-0.05, 0) is 20.8 Å². The molecule has 104 valence electrons. The first-order valence-electron chi connectivity index (χ1n) is 6.41. The number of hydrogen-bond acceptors (Lipinski definition) is 4. The maximum Gasteiger partial charge on any atom is 0.242 e. The van der Waals surface area contributed by atoms with E-state index in [1.807, 2.05) is 13.8 Å². The number of ether oxygens (including phenoxy) is 1. The molecule has 1 aliphatic rings. The first kappa shape index (κ1) is 14.9. The van der Waals surface area contributed by atoms with Gasteiger partial charge in [0.15, 0.2) is 0 Å².